The van der Waals surface area contributed by atoms with Crippen LogP contribution in [-0.2, 0) is 11.2 Å². The van der Waals surface area contributed by atoms with E-state index in [2.05, 4.69) is 0 Å². The van der Waals surface area contributed by atoms with Gasteiger partial charge >= 0.3 is 0 Å². The molecule has 0 fully saturated rings. The number of para-hydroxylation sites is 1. The first-order chi connectivity index (χ1) is 9.74. The molecule has 102 valence electrons. The van der Waals surface area contributed by atoms with Gasteiger partial charge in [0.2, 0.25) is 5.91 Å². The zero-order valence-electron chi connectivity index (χ0n) is 11.5. The summed E-state index contributed by atoms with van der Waals surface area (Å²) in [6.07, 6.45) is 0.501. The molecule has 2 aromatic rings. The Bertz CT molecular complexity index is 619. The summed E-state index contributed by atoms with van der Waals surface area (Å²) in [7, 11) is 0. The molecular formula is C17H17NO2. The number of carbonyl (C=O) groups excluding carboxylic acids is 1. The lowest BCUT2D eigenvalue weighted by Gasteiger charge is -2.17. The number of aryl methyl sites for hydroxylation is 1. The zero-order chi connectivity index (χ0) is 13.9. The fourth-order valence-corrected chi connectivity index (χ4v) is 2.45. The number of fused-ring (bicyclic) bond motifs is 1. The second kappa shape index (κ2) is 5.37. The summed E-state index contributed by atoms with van der Waals surface area (Å²) < 4.78 is 5.69. The maximum absolute atomic E-state index is 12.0. The Balaban J connectivity index is 1.61. The molecule has 0 saturated carbocycles. The lowest BCUT2D eigenvalue weighted by Crippen LogP contribution is -2.31. The first-order valence-electron chi connectivity index (χ1n) is 6.82. The van der Waals surface area contributed by atoms with Crippen LogP contribution in [0, 0.1) is 6.92 Å². The summed E-state index contributed by atoms with van der Waals surface area (Å²) in [5, 5.41) is 0. The molecule has 0 atom stereocenters. The van der Waals surface area contributed by atoms with Gasteiger partial charge in [-0.2, -0.15) is 0 Å². The van der Waals surface area contributed by atoms with E-state index in [1.54, 1.807) is 0 Å². The SMILES string of the molecule is Cc1ccc(OCCN2C(=O)Cc3ccccc32)cc1. The van der Waals surface area contributed by atoms with Gasteiger partial charge in [-0.3, -0.25) is 4.79 Å². The molecule has 1 amide bonds. The maximum Gasteiger partial charge on any atom is 0.231 e. The molecular weight excluding hydrogens is 250 g/mol. The van der Waals surface area contributed by atoms with Crippen LogP contribution in [0.3, 0.4) is 0 Å². The first-order valence-corrected chi connectivity index (χ1v) is 6.82. The highest BCUT2D eigenvalue weighted by atomic mass is 16.5. The fraction of sp³-hybridized carbons (Fsp3) is 0.235. The van der Waals surface area contributed by atoms with Crippen molar-refractivity contribution in [3.63, 3.8) is 0 Å². The minimum atomic E-state index is 0.152. The standard InChI is InChI=1S/C17H17NO2/c1-13-6-8-15(9-7-13)20-11-10-18-16-5-3-2-4-14(16)12-17(18)19/h2-9H,10-12H2,1H3. The lowest BCUT2D eigenvalue weighted by atomic mass is 10.2. The van der Waals surface area contributed by atoms with Crippen molar-refractivity contribution in [3.8, 4) is 5.75 Å². The van der Waals surface area contributed by atoms with E-state index in [1.807, 2.05) is 60.4 Å². The van der Waals surface area contributed by atoms with Crippen LogP contribution in [0.5, 0.6) is 5.75 Å². The van der Waals surface area contributed by atoms with Crippen LogP contribution in [0.1, 0.15) is 11.1 Å². The average Bonchev–Trinajstić information content (AvgIpc) is 2.77. The topological polar surface area (TPSA) is 29.5 Å². The van der Waals surface area contributed by atoms with Gasteiger partial charge in [0.25, 0.3) is 0 Å². The number of nitrogens with zero attached hydrogens (tertiary/aromatic N) is 1. The van der Waals surface area contributed by atoms with Gasteiger partial charge in [0.05, 0.1) is 13.0 Å². The quantitative estimate of drug-likeness (QED) is 0.852. The molecule has 1 aliphatic heterocycles. The Morgan fingerprint density at radius 3 is 2.65 bits per heavy atom. The van der Waals surface area contributed by atoms with E-state index in [-0.39, 0.29) is 5.91 Å². The van der Waals surface area contributed by atoms with Crippen molar-refractivity contribution in [3.05, 3.63) is 59.7 Å². The van der Waals surface area contributed by atoms with Crippen LogP contribution >= 0.6 is 0 Å². The molecule has 3 rings (SSSR count). The average molecular weight is 267 g/mol. The number of hydrogen-bond acceptors (Lipinski definition) is 2. The predicted molar refractivity (Wildman–Crippen MR) is 79.2 cm³/mol. The van der Waals surface area contributed by atoms with Crippen molar-refractivity contribution in [1.82, 2.24) is 0 Å². The highest BCUT2D eigenvalue weighted by Gasteiger charge is 2.26. The largest absolute Gasteiger partial charge is 0.492 e. The van der Waals surface area contributed by atoms with Gasteiger partial charge in [0.15, 0.2) is 0 Å². The normalized spacial score (nSPS) is 13.4. The highest BCUT2D eigenvalue weighted by Crippen LogP contribution is 2.27. The second-order valence-electron chi connectivity index (χ2n) is 5.01. The summed E-state index contributed by atoms with van der Waals surface area (Å²) in [5.41, 5.74) is 3.33. The van der Waals surface area contributed by atoms with Crippen LogP contribution in [0.2, 0.25) is 0 Å². The summed E-state index contributed by atoms with van der Waals surface area (Å²) >= 11 is 0. The summed E-state index contributed by atoms with van der Waals surface area (Å²) in [4.78, 5) is 13.8. The predicted octanol–water partition coefficient (Wildman–Crippen LogP) is 2.96. The molecule has 0 radical (unpaired) electrons. The van der Waals surface area contributed by atoms with Crippen LogP contribution in [0.25, 0.3) is 0 Å². The number of anilines is 1. The molecule has 0 N–H and O–H groups in total. The second-order valence-corrected chi connectivity index (χ2v) is 5.01. The van der Waals surface area contributed by atoms with Gasteiger partial charge in [-0.05, 0) is 30.7 Å². The fourth-order valence-electron chi connectivity index (χ4n) is 2.45. The molecule has 0 aromatic heterocycles. The Morgan fingerprint density at radius 1 is 1.10 bits per heavy atom. The van der Waals surface area contributed by atoms with Gasteiger partial charge < -0.3 is 9.64 Å². The monoisotopic (exact) mass is 267 g/mol. The third-order valence-corrected chi connectivity index (χ3v) is 3.53. The molecule has 20 heavy (non-hydrogen) atoms. The van der Waals surface area contributed by atoms with E-state index in [9.17, 15) is 4.79 Å². The van der Waals surface area contributed by atoms with Crippen molar-refractivity contribution >= 4 is 11.6 Å². The summed E-state index contributed by atoms with van der Waals surface area (Å²) in [5.74, 6) is 0.995. The Kier molecular flexibility index (Phi) is 3.42. The van der Waals surface area contributed by atoms with Gasteiger partial charge in [0, 0.05) is 5.69 Å². The zero-order valence-corrected chi connectivity index (χ0v) is 11.5. The van der Waals surface area contributed by atoms with Crippen molar-refractivity contribution in [1.29, 1.82) is 0 Å². The van der Waals surface area contributed by atoms with Crippen LogP contribution in [0.15, 0.2) is 48.5 Å². The van der Waals surface area contributed by atoms with Crippen molar-refractivity contribution < 1.29 is 9.53 Å². The van der Waals surface area contributed by atoms with E-state index in [4.69, 9.17) is 4.74 Å². The molecule has 0 aliphatic carbocycles. The molecule has 1 aliphatic rings. The maximum atomic E-state index is 12.0. The van der Waals surface area contributed by atoms with Crippen LogP contribution < -0.4 is 9.64 Å². The number of amides is 1. The van der Waals surface area contributed by atoms with Gasteiger partial charge in [-0.15, -0.1) is 0 Å². The van der Waals surface area contributed by atoms with Gasteiger partial charge in [-0.25, -0.2) is 0 Å². The molecule has 0 bridgehead atoms. The Labute approximate surface area is 118 Å². The van der Waals surface area contributed by atoms with Crippen molar-refractivity contribution in [2.45, 2.75) is 13.3 Å². The molecule has 0 unspecified atom stereocenters. The van der Waals surface area contributed by atoms with Crippen molar-refractivity contribution in [2.75, 3.05) is 18.1 Å². The minimum Gasteiger partial charge on any atom is -0.492 e. The molecule has 1 heterocycles. The number of carbonyl (C=O) groups is 1. The van der Waals surface area contributed by atoms with Crippen molar-refractivity contribution in [2.24, 2.45) is 0 Å². The number of ether oxygens (including phenoxy) is 1. The molecule has 2 aromatic carbocycles. The van der Waals surface area contributed by atoms with E-state index in [0.717, 1.165) is 17.0 Å². The molecule has 3 nitrogen and oxygen atoms in total. The Morgan fingerprint density at radius 2 is 1.85 bits per heavy atom. The smallest absolute Gasteiger partial charge is 0.231 e. The van der Waals surface area contributed by atoms with Gasteiger partial charge in [0.1, 0.15) is 12.4 Å². The van der Waals surface area contributed by atoms with E-state index >= 15 is 0 Å². The highest BCUT2D eigenvalue weighted by molar-refractivity contribution is 6.01. The molecule has 0 saturated heterocycles. The van der Waals surface area contributed by atoms with E-state index < -0.39 is 0 Å². The van der Waals surface area contributed by atoms with Crippen LogP contribution in [-0.4, -0.2) is 19.1 Å². The molecule has 3 heteroatoms. The van der Waals surface area contributed by atoms with E-state index in [0.29, 0.717) is 19.6 Å². The number of rotatable bonds is 4. The summed E-state index contributed by atoms with van der Waals surface area (Å²) in [6.45, 7) is 3.14. The summed E-state index contributed by atoms with van der Waals surface area (Å²) in [6, 6.07) is 15.9. The first kappa shape index (κ1) is 12.7. The molecule has 0 spiro atoms. The lowest BCUT2D eigenvalue weighted by molar-refractivity contribution is -0.117. The number of hydrogen-bond donors (Lipinski definition) is 0. The third-order valence-electron chi connectivity index (χ3n) is 3.53. The van der Waals surface area contributed by atoms with Crippen LogP contribution in [0.4, 0.5) is 5.69 Å². The number of benzene rings is 2. The van der Waals surface area contributed by atoms with E-state index in [1.165, 1.54) is 5.56 Å². The third kappa shape index (κ3) is 2.52. The minimum absolute atomic E-state index is 0.152. The van der Waals surface area contributed by atoms with Gasteiger partial charge in [-0.1, -0.05) is 35.9 Å². The Hall–Kier alpha value is -2.29.